The van der Waals surface area contributed by atoms with E-state index in [0.29, 0.717) is 23.3 Å². The molecule has 2 aliphatic heterocycles. The smallest absolute Gasteiger partial charge is 0.135 e. The summed E-state index contributed by atoms with van der Waals surface area (Å²) in [6.07, 6.45) is 7.68. The fourth-order valence-electron chi connectivity index (χ4n) is 4.92. The van der Waals surface area contributed by atoms with E-state index >= 15 is 0 Å². The third-order valence-electron chi connectivity index (χ3n) is 6.30. The lowest BCUT2D eigenvalue weighted by molar-refractivity contribution is 0.250. The molecule has 6 heteroatoms. The van der Waals surface area contributed by atoms with Gasteiger partial charge in [0.2, 0.25) is 0 Å². The van der Waals surface area contributed by atoms with Crippen molar-refractivity contribution in [2.24, 2.45) is 5.92 Å². The molecule has 26 heavy (non-hydrogen) atoms. The van der Waals surface area contributed by atoms with E-state index in [0.717, 1.165) is 49.8 Å². The van der Waals surface area contributed by atoms with Gasteiger partial charge in [-0.05, 0) is 50.3 Å². The zero-order chi connectivity index (χ0) is 17.7. The van der Waals surface area contributed by atoms with Gasteiger partial charge in [0.25, 0.3) is 0 Å². The van der Waals surface area contributed by atoms with Crippen LogP contribution in [0, 0.1) is 17.6 Å². The number of nitrogens with one attached hydrogen (secondary N) is 2. The molecule has 0 radical (unpaired) electrons. The first-order valence-electron chi connectivity index (χ1n) is 9.66. The van der Waals surface area contributed by atoms with Crippen LogP contribution < -0.4 is 10.6 Å². The van der Waals surface area contributed by atoms with Crippen molar-refractivity contribution in [3.63, 3.8) is 0 Å². The van der Waals surface area contributed by atoms with Crippen LogP contribution in [0.1, 0.15) is 31.5 Å². The first-order chi connectivity index (χ1) is 12.7. The highest BCUT2D eigenvalue weighted by atomic mass is 19.1. The number of rotatable bonds is 3. The van der Waals surface area contributed by atoms with E-state index in [-0.39, 0.29) is 0 Å². The Balaban J connectivity index is 1.31. The first-order valence-corrected chi connectivity index (χ1v) is 9.66. The molecule has 0 amide bonds. The molecule has 1 aromatic heterocycles. The van der Waals surface area contributed by atoms with Crippen LogP contribution in [-0.4, -0.2) is 34.2 Å². The van der Waals surface area contributed by atoms with Gasteiger partial charge >= 0.3 is 0 Å². The molecular formula is C20H24F2N4. The highest BCUT2D eigenvalue weighted by molar-refractivity contribution is 5.59. The summed E-state index contributed by atoms with van der Waals surface area (Å²) in [5.74, 6) is 0.631. The molecule has 3 aliphatic rings. The maximum atomic E-state index is 14.1. The van der Waals surface area contributed by atoms with E-state index in [2.05, 4.69) is 20.2 Å². The number of benzene rings is 1. The number of nitrogens with zero attached hydrogens (tertiary/aromatic N) is 2. The van der Waals surface area contributed by atoms with Gasteiger partial charge in [-0.25, -0.2) is 13.8 Å². The van der Waals surface area contributed by atoms with Crippen molar-refractivity contribution in [2.75, 3.05) is 6.54 Å². The maximum Gasteiger partial charge on any atom is 0.135 e. The minimum Gasteiger partial charge on any atom is -0.333 e. The Kier molecular flexibility index (Phi) is 4.05. The summed E-state index contributed by atoms with van der Waals surface area (Å²) < 4.78 is 29.4. The van der Waals surface area contributed by atoms with E-state index in [9.17, 15) is 8.78 Å². The summed E-state index contributed by atoms with van der Waals surface area (Å²) in [6, 6.07) is 5.45. The first kappa shape index (κ1) is 16.4. The van der Waals surface area contributed by atoms with Crippen molar-refractivity contribution in [3.8, 4) is 11.3 Å². The minimum atomic E-state index is -0.560. The van der Waals surface area contributed by atoms with Gasteiger partial charge in [0.1, 0.15) is 17.5 Å². The SMILES string of the molecule is Fc1ccc(-c2cn3c(n2)CCC(NC2CCC4CC2CN4)C3)c(F)c1. The highest BCUT2D eigenvalue weighted by Crippen LogP contribution is 2.31. The lowest BCUT2D eigenvalue weighted by Crippen LogP contribution is -2.47. The molecule has 2 aromatic rings. The average Bonchev–Trinajstić information content (AvgIpc) is 3.21. The lowest BCUT2D eigenvalue weighted by atomic mass is 9.85. The van der Waals surface area contributed by atoms with Gasteiger partial charge in [0.15, 0.2) is 0 Å². The van der Waals surface area contributed by atoms with Gasteiger partial charge in [-0.15, -0.1) is 0 Å². The monoisotopic (exact) mass is 358 g/mol. The molecule has 4 nitrogen and oxygen atoms in total. The highest BCUT2D eigenvalue weighted by Gasteiger charge is 2.36. The standard InChI is InChI=1S/C20H24F2N4/c21-13-1-4-16(17(22)8-13)19-11-26-10-15(3-6-20(26)25-19)24-18-5-2-14-7-12(18)9-23-14/h1,4,8,11-12,14-15,18,23-24H,2-3,5-7,9-10H2. The van der Waals surface area contributed by atoms with Gasteiger partial charge in [0, 0.05) is 48.9 Å². The number of aromatic nitrogens is 2. The summed E-state index contributed by atoms with van der Waals surface area (Å²) in [5.41, 5.74) is 0.965. The van der Waals surface area contributed by atoms with Crippen molar-refractivity contribution in [1.82, 2.24) is 20.2 Å². The fraction of sp³-hybridized carbons (Fsp3) is 0.550. The number of fused-ring (bicyclic) bond motifs is 3. The topological polar surface area (TPSA) is 41.9 Å². The molecular weight excluding hydrogens is 334 g/mol. The second-order valence-electron chi connectivity index (χ2n) is 8.01. The maximum absolute atomic E-state index is 14.1. The Morgan fingerprint density at radius 3 is 3.00 bits per heavy atom. The van der Waals surface area contributed by atoms with Crippen LogP contribution in [0.5, 0.6) is 0 Å². The van der Waals surface area contributed by atoms with E-state index < -0.39 is 11.6 Å². The zero-order valence-electron chi connectivity index (χ0n) is 14.7. The van der Waals surface area contributed by atoms with Crippen LogP contribution in [0.4, 0.5) is 8.78 Å². The molecule has 138 valence electrons. The van der Waals surface area contributed by atoms with E-state index in [4.69, 9.17) is 0 Å². The van der Waals surface area contributed by atoms with Gasteiger partial charge in [-0.1, -0.05) is 0 Å². The van der Waals surface area contributed by atoms with Crippen LogP contribution in [0.3, 0.4) is 0 Å². The molecule has 0 spiro atoms. The summed E-state index contributed by atoms with van der Waals surface area (Å²) in [7, 11) is 0. The van der Waals surface area contributed by atoms with Gasteiger partial charge in [-0.3, -0.25) is 0 Å². The number of halogens is 2. The van der Waals surface area contributed by atoms with E-state index in [1.54, 1.807) is 0 Å². The molecule has 4 atom stereocenters. The summed E-state index contributed by atoms with van der Waals surface area (Å²) in [4.78, 5) is 4.59. The minimum absolute atomic E-state index is 0.369. The second-order valence-corrected chi connectivity index (χ2v) is 8.01. The van der Waals surface area contributed by atoms with Crippen molar-refractivity contribution >= 4 is 0 Å². The third-order valence-corrected chi connectivity index (χ3v) is 6.30. The number of aryl methyl sites for hydroxylation is 1. The Bertz CT molecular complexity index is 818. The molecule has 5 rings (SSSR count). The van der Waals surface area contributed by atoms with Gasteiger partial charge in [-0.2, -0.15) is 0 Å². The number of imidazole rings is 1. The molecule has 1 aromatic carbocycles. The zero-order valence-corrected chi connectivity index (χ0v) is 14.7. The van der Waals surface area contributed by atoms with Crippen molar-refractivity contribution in [1.29, 1.82) is 0 Å². The van der Waals surface area contributed by atoms with Gasteiger partial charge < -0.3 is 15.2 Å². The van der Waals surface area contributed by atoms with Crippen molar-refractivity contribution < 1.29 is 8.78 Å². The number of hydrogen-bond acceptors (Lipinski definition) is 3. The Morgan fingerprint density at radius 1 is 1.19 bits per heavy atom. The van der Waals surface area contributed by atoms with Crippen LogP contribution in [-0.2, 0) is 13.0 Å². The average molecular weight is 358 g/mol. The fourth-order valence-corrected chi connectivity index (χ4v) is 4.92. The summed E-state index contributed by atoms with van der Waals surface area (Å²) in [5, 5.41) is 7.50. The molecule has 1 saturated carbocycles. The molecule has 4 unspecified atom stereocenters. The molecule has 1 saturated heterocycles. The summed E-state index contributed by atoms with van der Waals surface area (Å²) >= 11 is 0. The quantitative estimate of drug-likeness (QED) is 0.887. The van der Waals surface area contributed by atoms with Crippen LogP contribution in [0.2, 0.25) is 0 Å². The second kappa shape index (κ2) is 6.43. The third kappa shape index (κ3) is 2.95. The Hall–Kier alpha value is -1.79. The predicted molar refractivity (Wildman–Crippen MR) is 95.7 cm³/mol. The van der Waals surface area contributed by atoms with Crippen LogP contribution in [0.25, 0.3) is 11.3 Å². The Labute approximate surface area is 152 Å². The van der Waals surface area contributed by atoms with Crippen molar-refractivity contribution in [2.45, 2.75) is 56.8 Å². The van der Waals surface area contributed by atoms with Crippen molar-refractivity contribution in [3.05, 3.63) is 41.9 Å². The lowest BCUT2D eigenvalue weighted by Gasteiger charge is -2.34. The molecule has 2 fully saturated rings. The van der Waals surface area contributed by atoms with Gasteiger partial charge in [0.05, 0.1) is 5.69 Å². The summed E-state index contributed by atoms with van der Waals surface area (Å²) in [6.45, 7) is 2.00. The number of hydrogen-bond donors (Lipinski definition) is 2. The van der Waals surface area contributed by atoms with E-state index in [1.165, 1.54) is 31.4 Å². The Morgan fingerprint density at radius 2 is 2.12 bits per heavy atom. The van der Waals surface area contributed by atoms with E-state index in [1.807, 2.05) is 6.20 Å². The molecule has 2 bridgehead atoms. The largest absolute Gasteiger partial charge is 0.333 e. The predicted octanol–water partition coefficient (Wildman–Crippen LogP) is 2.87. The normalized spacial score (nSPS) is 30.4. The van der Waals surface area contributed by atoms with Crippen LogP contribution in [0.15, 0.2) is 24.4 Å². The molecule has 1 aliphatic carbocycles. The molecule has 2 N–H and O–H groups in total. The molecule has 3 heterocycles. The van der Waals surface area contributed by atoms with Crippen LogP contribution >= 0.6 is 0 Å².